The first kappa shape index (κ1) is 20.1. The van der Waals surface area contributed by atoms with Crippen molar-refractivity contribution in [2.75, 3.05) is 11.4 Å². The zero-order valence-corrected chi connectivity index (χ0v) is 18.1. The molecule has 3 aromatic rings. The van der Waals surface area contributed by atoms with Gasteiger partial charge in [-0.25, -0.2) is 5.43 Å². The number of anilines is 1. The van der Waals surface area contributed by atoms with Gasteiger partial charge in [0.2, 0.25) is 0 Å². The van der Waals surface area contributed by atoms with Crippen molar-refractivity contribution in [3.05, 3.63) is 77.4 Å². The minimum atomic E-state index is -0.206. The van der Waals surface area contributed by atoms with E-state index in [9.17, 15) is 4.79 Å². The number of hydrogen-bond acceptors (Lipinski definition) is 3. The van der Waals surface area contributed by atoms with Crippen molar-refractivity contribution in [3.8, 4) is 0 Å². The second-order valence-electron chi connectivity index (χ2n) is 8.74. The lowest BCUT2D eigenvalue weighted by molar-refractivity contribution is 0.0955. The van der Waals surface area contributed by atoms with Gasteiger partial charge < -0.3 is 4.90 Å². The number of carbonyl (C=O) groups is 1. The molecular weight excluding hydrogens is 370 g/mol. The van der Waals surface area contributed by atoms with Crippen LogP contribution in [0.4, 0.5) is 5.69 Å². The Hall–Kier alpha value is -3.14. The van der Waals surface area contributed by atoms with Gasteiger partial charge in [-0.3, -0.25) is 4.79 Å². The molecule has 30 heavy (non-hydrogen) atoms. The molecule has 0 aromatic heterocycles. The van der Waals surface area contributed by atoms with Crippen molar-refractivity contribution >= 4 is 28.6 Å². The standard InChI is InChI=1S/C26H29N3O/c1-5-29-24-13-10-19(14-23(24)18(2)16-26(29,3)4)17-27-28-25(30)22-12-11-20-8-6-7-9-21(20)15-22/h6-15,17-18H,5,16H2,1-4H3,(H,28,30)/b27-17-/t18-/m1/s1. The number of benzene rings is 3. The SMILES string of the molecule is CCN1c2ccc(/C=N\NC(=O)c3ccc4ccccc4c3)cc2[C@H](C)CC1(C)C. The summed E-state index contributed by atoms with van der Waals surface area (Å²) in [5.74, 6) is 0.278. The largest absolute Gasteiger partial charge is 0.366 e. The molecular formula is C26H29N3O. The molecule has 0 radical (unpaired) electrons. The molecule has 1 amide bonds. The van der Waals surface area contributed by atoms with Gasteiger partial charge in [-0.05, 0) is 79.3 Å². The lowest BCUT2D eigenvalue weighted by atomic mass is 9.79. The number of nitrogens with zero attached hydrogens (tertiary/aromatic N) is 2. The van der Waals surface area contributed by atoms with Crippen LogP contribution in [-0.4, -0.2) is 24.2 Å². The van der Waals surface area contributed by atoms with E-state index in [0.29, 0.717) is 11.5 Å². The third kappa shape index (κ3) is 3.82. The number of carbonyl (C=O) groups excluding carboxylic acids is 1. The predicted molar refractivity (Wildman–Crippen MR) is 126 cm³/mol. The highest BCUT2D eigenvalue weighted by Gasteiger charge is 2.35. The summed E-state index contributed by atoms with van der Waals surface area (Å²) in [7, 11) is 0. The molecule has 1 atom stereocenters. The average Bonchev–Trinajstić information content (AvgIpc) is 2.73. The molecule has 0 saturated heterocycles. The zero-order valence-electron chi connectivity index (χ0n) is 18.1. The number of fused-ring (bicyclic) bond motifs is 2. The molecule has 1 N–H and O–H groups in total. The first-order valence-corrected chi connectivity index (χ1v) is 10.6. The van der Waals surface area contributed by atoms with Crippen LogP contribution in [0.15, 0.2) is 65.8 Å². The van der Waals surface area contributed by atoms with Crippen molar-refractivity contribution in [3.63, 3.8) is 0 Å². The molecule has 0 bridgehead atoms. The lowest BCUT2D eigenvalue weighted by Crippen LogP contribution is -2.48. The van der Waals surface area contributed by atoms with E-state index in [1.165, 1.54) is 11.3 Å². The smallest absolute Gasteiger partial charge is 0.271 e. The van der Waals surface area contributed by atoms with Crippen LogP contribution in [0.3, 0.4) is 0 Å². The highest BCUT2D eigenvalue weighted by atomic mass is 16.2. The molecule has 3 aromatic carbocycles. The van der Waals surface area contributed by atoms with E-state index >= 15 is 0 Å². The molecule has 4 heteroatoms. The van der Waals surface area contributed by atoms with Crippen molar-refractivity contribution in [1.29, 1.82) is 0 Å². The Morgan fingerprint density at radius 2 is 1.90 bits per heavy atom. The van der Waals surface area contributed by atoms with Crippen molar-refractivity contribution in [2.45, 2.75) is 45.6 Å². The van der Waals surface area contributed by atoms with E-state index < -0.39 is 0 Å². The summed E-state index contributed by atoms with van der Waals surface area (Å²) in [6.45, 7) is 10.1. The van der Waals surface area contributed by atoms with Crippen molar-refractivity contribution in [2.24, 2.45) is 5.10 Å². The molecule has 1 aliphatic rings. The molecule has 4 rings (SSSR count). The minimum absolute atomic E-state index is 0.157. The van der Waals surface area contributed by atoms with E-state index in [0.717, 1.165) is 29.3 Å². The first-order valence-electron chi connectivity index (χ1n) is 10.6. The summed E-state index contributed by atoms with van der Waals surface area (Å²) in [6.07, 6.45) is 2.84. The number of hydrogen-bond donors (Lipinski definition) is 1. The van der Waals surface area contributed by atoms with Gasteiger partial charge in [-0.1, -0.05) is 43.3 Å². The van der Waals surface area contributed by atoms with Crippen LogP contribution in [0.5, 0.6) is 0 Å². The van der Waals surface area contributed by atoms with Gasteiger partial charge in [0, 0.05) is 23.3 Å². The van der Waals surface area contributed by atoms with Gasteiger partial charge in [-0.2, -0.15) is 5.10 Å². The van der Waals surface area contributed by atoms with Crippen LogP contribution >= 0.6 is 0 Å². The Morgan fingerprint density at radius 3 is 2.67 bits per heavy atom. The van der Waals surface area contributed by atoms with Gasteiger partial charge in [0.05, 0.1) is 6.21 Å². The van der Waals surface area contributed by atoms with E-state index in [-0.39, 0.29) is 11.4 Å². The number of nitrogens with one attached hydrogen (secondary N) is 1. The van der Waals surface area contributed by atoms with Crippen LogP contribution in [0.2, 0.25) is 0 Å². The third-order valence-corrected chi connectivity index (χ3v) is 6.12. The predicted octanol–water partition coefficient (Wildman–Crippen LogP) is 5.72. The van der Waals surface area contributed by atoms with Gasteiger partial charge in [0.25, 0.3) is 5.91 Å². The number of amides is 1. The zero-order chi connectivity index (χ0) is 21.3. The summed E-state index contributed by atoms with van der Waals surface area (Å²) in [6, 6.07) is 20.1. The van der Waals surface area contributed by atoms with Crippen molar-refractivity contribution < 1.29 is 4.79 Å². The molecule has 1 heterocycles. The van der Waals surface area contributed by atoms with Gasteiger partial charge in [-0.15, -0.1) is 0 Å². The lowest BCUT2D eigenvalue weighted by Gasteiger charge is -2.47. The Kier molecular flexibility index (Phi) is 5.33. The summed E-state index contributed by atoms with van der Waals surface area (Å²) in [5.41, 5.74) is 7.06. The number of hydrazone groups is 1. The monoisotopic (exact) mass is 399 g/mol. The molecule has 0 unspecified atom stereocenters. The van der Waals surface area contributed by atoms with Crippen LogP contribution in [0, 0.1) is 0 Å². The fraction of sp³-hybridized carbons (Fsp3) is 0.308. The Morgan fingerprint density at radius 1 is 1.13 bits per heavy atom. The van der Waals surface area contributed by atoms with E-state index in [2.05, 4.69) is 61.3 Å². The van der Waals surface area contributed by atoms with Crippen LogP contribution in [-0.2, 0) is 0 Å². The Balaban J connectivity index is 1.50. The maximum Gasteiger partial charge on any atom is 0.271 e. The van der Waals surface area contributed by atoms with E-state index in [1.54, 1.807) is 6.21 Å². The maximum absolute atomic E-state index is 12.5. The summed E-state index contributed by atoms with van der Waals surface area (Å²) < 4.78 is 0. The summed E-state index contributed by atoms with van der Waals surface area (Å²) >= 11 is 0. The topological polar surface area (TPSA) is 44.7 Å². The molecule has 0 fully saturated rings. The molecule has 0 spiro atoms. The summed E-state index contributed by atoms with van der Waals surface area (Å²) in [5, 5.41) is 6.36. The van der Waals surface area contributed by atoms with Gasteiger partial charge in [0.1, 0.15) is 0 Å². The van der Waals surface area contributed by atoms with Gasteiger partial charge >= 0.3 is 0 Å². The molecule has 0 aliphatic carbocycles. The molecule has 4 nitrogen and oxygen atoms in total. The fourth-order valence-corrected chi connectivity index (χ4v) is 4.75. The maximum atomic E-state index is 12.5. The third-order valence-electron chi connectivity index (χ3n) is 6.12. The van der Waals surface area contributed by atoms with Crippen LogP contribution in [0.25, 0.3) is 10.8 Å². The molecule has 1 aliphatic heterocycles. The van der Waals surface area contributed by atoms with Crippen molar-refractivity contribution in [1.82, 2.24) is 5.43 Å². The average molecular weight is 400 g/mol. The first-order chi connectivity index (χ1) is 14.4. The van der Waals surface area contributed by atoms with E-state index in [4.69, 9.17) is 0 Å². The second-order valence-corrected chi connectivity index (χ2v) is 8.74. The number of rotatable bonds is 4. The Labute approximate surface area is 178 Å². The van der Waals surface area contributed by atoms with Gasteiger partial charge in [0.15, 0.2) is 0 Å². The second kappa shape index (κ2) is 7.94. The molecule has 0 saturated carbocycles. The minimum Gasteiger partial charge on any atom is -0.366 e. The van der Waals surface area contributed by atoms with Crippen LogP contribution in [0.1, 0.15) is 61.5 Å². The Bertz CT molecular complexity index is 1120. The summed E-state index contributed by atoms with van der Waals surface area (Å²) in [4.78, 5) is 15.0. The highest BCUT2D eigenvalue weighted by molar-refractivity contribution is 5.99. The van der Waals surface area contributed by atoms with E-state index in [1.807, 2.05) is 42.5 Å². The van der Waals surface area contributed by atoms with Crippen LogP contribution < -0.4 is 10.3 Å². The molecule has 154 valence electrons. The quantitative estimate of drug-likeness (QED) is 0.451. The fourth-order valence-electron chi connectivity index (χ4n) is 4.75. The highest BCUT2D eigenvalue weighted by Crippen LogP contribution is 2.43. The normalized spacial score (nSPS) is 17.9.